The Morgan fingerprint density at radius 3 is 1.09 bits per heavy atom. The molecule has 0 saturated heterocycles. The van der Waals surface area contributed by atoms with Gasteiger partial charge in [0.2, 0.25) is 0 Å². The molecular weight excluding hydrogens is 394 g/mol. The fourth-order valence-corrected chi connectivity index (χ4v) is 3.29. The number of hydrogen-bond acceptors (Lipinski definition) is 3. The third-order valence-electron chi connectivity index (χ3n) is 4.92. The van der Waals surface area contributed by atoms with Crippen LogP contribution in [0.3, 0.4) is 0 Å². The van der Waals surface area contributed by atoms with Crippen molar-refractivity contribution in [1.82, 2.24) is 4.98 Å². The van der Waals surface area contributed by atoms with Crippen LogP contribution in [0.5, 0.6) is 11.5 Å². The predicted octanol–water partition coefficient (Wildman–Crippen LogP) is 7.18. The summed E-state index contributed by atoms with van der Waals surface area (Å²) in [6.45, 7) is 0. The topological polar surface area (TPSA) is 53.4 Å². The predicted molar refractivity (Wildman–Crippen MR) is 130 cm³/mol. The molecule has 5 rings (SSSR count). The Morgan fingerprint density at radius 2 is 0.719 bits per heavy atom. The highest BCUT2D eigenvalue weighted by Gasteiger charge is 2.08. The third kappa shape index (κ3) is 5.41. The lowest BCUT2D eigenvalue weighted by Crippen LogP contribution is -1.90. The van der Waals surface area contributed by atoms with Crippen molar-refractivity contribution in [2.45, 2.75) is 0 Å². The number of hydrogen-bond donors (Lipinski definition) is 2. The molecule has 3 nitrogen and oxygen atoms in total. The van der Waals surface area contributed by atoms with Gasteiger partial charge in [0.05, 0.1) is 11.4 Å². The van der Waals surface area contributed by atoms with Crippen molar-refractivity contribution in [2.75, 3.05) is 0 Å². The second-order valence-corrected chi connectivity index (χ2v) is 7.24. The van der Waals surface area contributed by atoms with E-state index in [4.69, 9.17) is 15.2 Å². The number of phenols is 2. The number of aromatic hydroxyl groups is 2. The molecule has 156 valence electrons. The molecule has 4 aromatic carbocycles. The van der Waals surface area contributed by atoms with E-state index in [-0.39, 0.29) is 11.5 Å². The van der Waals surface area contributed by atoms with Gasteiger partial charge in [-0.15, -0.1) is 0 Å². The fraction of sp³-hybridized carbons (Fsp3) is 0. The van der Waals surface area contributed by atoms with Crippen molar-refractivity contribution in [3.8, 4) is 45.1 Å². The molecule has 5 aromatic rings. The molecule has 3 heteroatoms. The van der Waals surface area contributed by atoms with Gasteiger partial charge in [-0.1, -0.05) is 91.0 Å². The van der Waals surface area contributed by atoms with E-state index in [0.29, 0.717) is 0 Å². The maximum Gasteiger partial charge on any atom is 0.115 e. The Hall–Kier alpha value is -4.37. The Bertz CT molecular complexity index is 1090. The van der Waals surface area contributed by atoms with E-state index in [9.17, 15) is 0 Å². The van der Waals surface area contributed by atoms with Crippen LogP contribution in [0.1, 0.15) is 0 Å². The van der Waals surface area contributed by atoms with Crippen LogP contribution in [0.2, 0.25) is 0 Å². The maximum atomic E-state index is 8.65. The zero-order valence-corrected chi connectivity index (χ0v) is 17.5. The minimum atomic E-state index is 0.169. The van der Waals surface area contributed by atoms with E-state index in [1.165, 1.54) is 35.4 Å². The number of phenolic OH excluding ortho intramolecular Hbond substituents is 2. The standard InChI is InChI=1S/C23H17N.C6H6O2/c1-4-10-18(11-5-1)21-16-22(19-12-6-2-7-13-19)24-23(17-21)20-14-8-3-9-15-20;7-5-1-2-6(8)4-3-5/h1-17H;1-4,7-8H. The minimum absolute atomic E-state index is 0.169. The van der Waals surface area contributed by atoms with Crippen LogP contribution in [-0.2, 0) is 0 Å². The normalized spacial score (nSPS) is 10.1. The molecule has 0 atom stereocenters. The van der Waals surface area contributed by atoms with Gasteiger partial charge in [0.1, 0.15) is 11.5 Å². The Morgan fingerprint density at radius 1 is 0.375 bits per heavy atom. The molecule has 1 heterocycles. The lowest BCUT2D eigenvalue weighted by atomic mass is 10.00. The van der Waals surface area contributed by atoms with Crippen LogP contribution in [0.15, 0.2) is 127 Å². The van der Waals surface area contributed by atoms with Gasteiger partial charge in [0.25, 0.3) is 0 Å². The first-order chi connectivity index (χ1) is 15.7. The molecule has 0 amide bonds. The molecule has 0 bridgehead atoms. The van der Waals surface area contributed by atoms with Crippen molar-refractivity contribution in [2.24, 2.45) is 0 Å². The molecule has 1 aromatic heterocycles. The summed E-state index contributed by atoms with van der Waals surface area (Å²) in [5.74, 6) is 0.339. The average Bonchev–Trinajstić information content (AvgIpc) is 2.87. The van der Waals surface area contributed by atoms with Crippen LogP contribution in [0, 0.1) is 0 Å². The van der Waals surface area contributed by atoms with E-state index >= 15 is 0 Å². The molecule has 0 saturated carbocycles. The summed E-state index contributed by atoms with van der Waals surface area (Å²) in [6, 6.07) is 41.2. The quantitative estimate of drug-likeness (QED) is 0.306. The molecule has 0 aliphatic heterocycles. The van der Waals surface area contributed by atoms with Gasteiger partial charge in [-0.2, -0.15) is 0 Å². The van der Waals surface area contributed by atoms with Crippen LogP contribution in [-0.4, -0.2) is 15.2 Å². The Labute approximate surface area is 187 Å². The molecule has 0 spiro atoms. The summed E-state index contributed by atoms with van der Waals surface area (Å²) in [7, 11) is 0. The van der Waals surface area contributed by atoms with Crippen LogP contribution >= 0.6 is 0 Å². The molecule has 32 heavy (non-hydrogen) atoms. The zero-order chi connectivity index (χ0) is 22.2. The highest BCUT2D eigenvalue weighted by molar-refractivity contribution is 5.76. The second-order valence-electron chi connectivity index (χ2n) is 7.24. The van der Waals surface area contributed by atoms with Gasteiger partial charge in [0.15, 0.2) is 0 Å². The number of rotatable bonds is 3. The highest BCUT2D eigenvalue weighted by Crippen LogP contribution is 2.29. The van der Waals surface area contributed by atoms with Crippen LogP contribution in [0.4, 0.5) is 0 Å². The fourth-order valence-electron chi connectivity index (χ4n) is 3.29. The lowest BCUT2D eigenvalue weighted by molar-refractivity contribution is 0.460. The average molecular weight is 418 g/mol. The van der Waals surface area contributed by atoms with E-state index in [1.807, 2.05) is 42.5 Å². The molecule has 0 aliphatic carbocycles. The number of pyridine rings is 1. The number of benzene rings is 4. The van der Waals surface area contributed by atoms with Gasteiger partial charge in [-0.25, -0.2) is 4.98 Å². The molecule has 0 unspecified atom stereocenters. The summed E-state index contributed by atoms with van der Waals surface area (Å²) in [6.07, 6.45) is 0. The van der Waals surface area contributed by atoms with Crippen molar-refractivity contribution in [3.05, 3.63) is 127 Å². The summed E-state index contributed by atoms with van der Waals surface area (Å²) >= 11 is 0. The Balaban J connectivity index is 0.000000260. The summed E-state index contributed by atoms with van der Waals surface area (Å²) in [4.78, 5) is 4.90. The monoisotopic (exact) mass is 417 g/mol. The van der Waals surface area contributed by atoms with Gasteiger partial charge in [-0.05, 0) is 47.5 Å². The number of aromatic nitrogens is 1. The first kappa shape index (κ1) is 20.9. The van der Waals surface area contributed by atoms with Gasteiger partial charge in [-0.3, -0.25) is 0 Å². The minimum Gasteiger partial charge on any atom is -0.508 e. The summed E-state index contributed by atoms with van der Waals surface area (Å²) < 4.78 is 0. The van der Waals surface area contributed by atoms with Gasteiger partial charge >= 0.3 is 0 Å². The zero-order valence-electron chi connectivity index (χ0n) is 17.5. The largest absolute Gasteiger partial charge is 0.508 e. The smallest absolute Gasteiger partial charge is 0.115 e. The van der Waals surface area contributed by atoms with Crippen LogP contribution < -0.4 is 0 Å². The SMILES string of the molecule is Oc1ccc(O)cc1.c1ccc(-c2cc(-c3ccccc3)nc(-c3ccccc3)c2)cc1. The van der Waals surface area contributed by atoms with Crippen molar-refractivity contribution >= 4 is 0 Å². The first-order valence-corrected chi connectivity index (χ1v) is 10.4. The van der Waals surface area contributed by atoms with Crippen molar-refractivity contribution in [3.63, 3.8) is 0 Å². The number of nitrogens with zero attached hydrogens (tertiary/aromatic N) is 1. The van der Waals surface area contributed by atoms with E-state index in [0.717, 1.165) is 22.5 Å². The summed E-state index contributed by atoms with van der Waals surface area (Å²) in [5, 5.41) is 17.3. The van der Waals surface area contributed by atoms with Gasteiger partial charge < -0.3 is 10.2 Å². The summed E-state index contributed by atoms with van der Waals surface area (Å²) in [5.41, 5.74) is 6.64. The molecular formula is C29H23NO2. The maximum absolute atomic E-state index is 8.65. The van der Waals surface area contributed by atoms with E-state index in [2.05, 4.69) is 60.7 Å². The highest BCUT2D eigenvalue weighted by atomic mass is 16.3. The van der Waals surface area contributed by atoms with Gasteiger partial charge in [0, 0.05) is 11.1 Å². The van der Waals surface area contributed by atoms with Crippen molar-refractivity contribution < 1.29 is 10.2 Å². The Kier molecular flexibility index (Phi) is 6.59. The first-order valence-electron chi connectivity index (χ1n) is 10.4. The third-order valence-corrected chi connectivity index (χ3v) is 4.92. The van der Waals surface area contributed by atoms with Crippen LogP contribution in [0.25, 0.3) is 33.6 Å². The second kappa shape index (κ2) is 10.1. The molecule has 0 fully saturated rings. The van der Waals surface area contributed by atoms with E-state index in [1.54, 1.807) is 0 Å². The van der Waals surface area contributed by atoms with Crippen molar-refractivity contribution in [1.29, 1.82) is 0 Å². The molecule has 2 N–H and O–H groups in total. The lowest BCUT2D eigenvalue weighted by Gasteiger charge is -2.10. The molecule has 0 aliphatic rings. The van der Waals surface area contributed by atoms with E-state index < -0.39 is 0 Å². The molecule has 0 radical (unpaired) electrons.